The van der Waals surface area contributed by atoms with Gasteiger partial charge < -0.3 is 15.2 Å². The largest absolute Gasteiger partial charge is 0.481 e. The van der Waals surface area contributed by atoms with Gasteiger partial charge in [-0.3, -0.25) is 4.79 Å². The van der Waals surface area contributed by atoms with Gasteiger partial charge in [0, 0.05) is 13.2 Å². The van der Waals surface area contributed by atoms with Crippen LogP contribution in [0, 0.1) is 5.92 Å². The zero-order valence-electron chi connectivity index (χ0n) is 11.2. The quantitative estimate of drug-likeness (QED) is 0.749. The Morgan fingerprint density at radius 1 is 1.35 bits per heavy atom. The summed E-state index contributed by atoms with van der Waals surface area (Å²) in [6.45, 7) is 5.09. The van der Waals surface area contributed by atoms with Gasteiger partial charge in [-0.1, -0.05) is 0 Å². The first-order valence-corrected chi connectivity index (χ1v) is 6.46. The molecule has 0 aromatic rings. The van der Waals surface area contributed by atoms with E-state index in [4.69, 9.17) is 9.84 Å². The summed E-state index contributed by atoms with van der Waals surface area (Å²) in [5.74, 6) is -0.757. The van der Waals surface area contributed by atoms with Crippen LogP contribution in [0.25, 0.3) is 0 Å². The lowest BCUT2D eigenvalue weighted by atomic mass is 9.86. The molecule has 2 N–H and O–H groups in total. The number of aliphatic carboxylic acids is 1. The van der Waals surface area contributed by atoms with Crippen molar-refractivity contribution in [1.82, 2.24) is 5.32 Å². The molecule has 0 radical (unpaired) electrons. The molecule has 17 heavy (non-hydrogen) atoms. The Hall–Kier alpha value is -0.610. The van der Waals surface area contributed by atoms with Gasteiger partial charge in [0.1, 0.15) is 0 Å². The number of carboxylic acid groups (broad SMARTS) is 1. The highest BCUT2D eigenvalue weighted by atomic mass is 16.5. The predicted molar refractivity (Wildman–Crippen MR) is 67.1 cm³/mol. The summed E-state index contributed by atoms with van der Waals surface area (Å²) in [4.78, 5) is 10.8. The molecule has 0 atom stereocenters. The van der Waals surface area contributed by atoms with Crippen LogP contribution in [0.4, 0.5) is 0 Å². The molecular weight excluding hydrogens is 218 g/mol. The van der Waals surface area contributed by atoms with E-state index in [1.54, 1.807) is 7.11 Å². The lowest BCUT2D eigenvalue weighted by molar-refractivity contribution is -0.142. The minimum Gasteiger partial charge on any atom is -0.481 e. The van der Waals surface area contributed by atoms with Crippen molar-refractivity contribution in [2.75, 3.05) is 13.7 Å². The topological polar surface area (TPSA) is 58.6 Å². The summed E-state index contributed by atoms with van der Waals surface area (Å²) >= 11 is 0. The van der Waals surface area contributed by atoms with Gasteiger partial charge in [0.2, 0.25) is 0 Å². The number of nitrogens with one attached hydrogen (secondary N) is 1. The molecule has 1 rings (SSSR count). The van der Waals surface area contributed by atoms with E-state index in [1.807, 2.05) is 0 Å². The molecule has 100 valence electrons. The van der Waals surface area contributed by atoms with Crippen molar-refractivity contribution < 1.29 is 14.6 Å². The third kappa shape index (κ3) is 5.04. The molecule has 0 aromatic carbocycles. The molecule has 0 bridgehead atoms. The van der Waals surface area contributed by atoms with E-state index in [0.717, 1.165) is 38.6 Å². The Kier molecular flexibility index (Phi) is 5.40. The maximum Gasteiger partial charge on any atom is 0.306 e. The molecule has 1 fully saturated rings. The highest BCUT2D eigenvalue weighted by Crippen LogP contribution is 2.24. The summed E-state index contributed by atoms with van der Waals surface area (Å²) in [7, 11) is 1.73. The van der Waals surface area contributed by atoms with Crippen molar-refractivity contribution in [3.63, 3.8) is 0 Å². The average molecular weight is 243 g/mol. The van der Waals surface area contributed by atoms with Crippen molar-refractivity contribution in [1.29, 1.82) is 0 Å². The number of methoxy groups -OCH3 is 1. The van der Waals surface area contributed by atoms with Gasteiger partial charge in [0.05, 0.1) is 11.5 Å². The monoisotopic (exact) mass is 243 g/mol. The van der Waals surface area contributed by atoms with Crippen molar-refractivity contribution in [2.45, 2.75) is 57.6 Å². The third-order valence-electron chi connectivity index (χ3n) is 3.79. The Balaban J connectivity index is 2.16. The van der Waals surface area contributed by atoms with Crippen molar-refractivity contribution >= 4 is 5.97 Å². The minimum absolute atomic E-state index is 0.0781. The normalized spacial score (nSPS) is 25.8. The van der Waals surface area contributed by atoms with Crippen LogP contribution in [-0.4, -0.2) is 36.4 Å². The van der Waals surface area contributed by atoms with Crippen molar-refractivity contribution in [2.24, 2.45) is 5.92 Å². The van der Waals surface area contributed by atoms with Crippen LogP contribution in [0.5, 0.6) is 0 Å². The van der Waals surface area contributed by atoms with E-state index in [-0.39, 0.29) is 11.5 Å². The van der Waals surface area contributed by atoms with Gasteiger partial charge in [-0.15, -0.1) is 0 Å². The maximum atomic E-state index is 10.8. The second-order valence-corrected chi connectivity index (χ2v) is 5.55. The van der Waals surface area contributed by atoms with Gasteiger partial charge in [-0.25, -0.2) is 0 Å². The Labute approximate surface area is 104 Å². The number of carboxylic acids is 1. The molecule has 4 nitrogen and oxygen atoms in total. The lowest BCUT2D eigenvalue weighted by Gasteiger charge is -2.29. The van der Waals surface area contributed by atoms with Crippen LogP contribution >= 0.6 is 0 Å². The highest BCUT2D eigenvalue weighted by Gasteiger charge is 2.26. The number of hydrogen-bond donors (Lipinski definition) is 2. The van der Waals surface area contributed by atoms with E-state index in [2.05, 4.69) is 19.2 Å². The molecule has 1 aliphatic carbocycles. The molecule has 0 unspecified atom stereocenters. The van der Waals surface area contributed by atoms with Crippen molar-refractivity contribution in [3.8, 4) is 0 Å². The summed E-state index contributed by atoms with van der Waals surface area (Å²) < 4.78 is 5.36. The van der Waals surface area contributed by atoms with E-state index < -0.39 is 5.97 Å². The van der Waals surface area contributed by atoms with Crippen LogP contribution in [-0.2, 0) is 9.53 Å². The molecule has 0 aromatic heterocycles. The summed E-state index contributed by atoms with van der Waals surface area (Å²) in [5, 5.41) is 12.4. The fourth-order valence-corrected chi connectivity index (χ4v) is 2.22. The Morgan fingerprint density at radius 3 is 2.41 bits per heavy atom. The van der Waals surface area contributed by atoms with Gasteiger partial charge in [-0.05, 0) is 52.5 Å². The number of carbonyl (C=O) groups is 1. The zero-order valence-corrected chi connectivity index (χ0v) is 11.2. The molecule has 1 saturated carbocycles. The SMILES string of the molecule is COC(C)(C)CCNC1CCC(C(=O)O)CC1. The molecule has 4 heteroatoms. The fraction of sp³-hybridized carbons (Fsp3) is 0.923. The molecule has 0 spiro atoms. The Bertz CT molecular complexity index is 245. The zero-order chi connectivity index (χ0) is 12.9. The average Bonchev–Trinajstić information content (AvgIpc) is 2.29. The van der Waals surface area contributed by atoms with Gasteiger partial charge in [0.15, 0.2) is 0 Å². The van der Waals surface area contributed by atoms with E-state index in [9.17, 15) is 4.79 Å². The predicted octanol–water partition coefficient (Wildman–Crippen LogP) is 2.03. The fourth-order valence-electron chi connectivity index (χ4n) is 2.22. The summed E-state index contributed by atoms with van der Waals surface area (Å²) in [6, 6.07) is 0.484. The smallest absolute Gasteiger partial charge is 0.306 e. The van der Waals surface area contributed by atoms with Gasteiger partial charge in [0.25, 0.3) is 0 Å². The summed E-state index contributed by atoms with van der Waals surface area (Å²) in [6.07, 6.45) is 4.54. The Morgan fingerprint density at radius 2 is 1.94 bits per heavy atom. The second-order valence-electron chi connectivity index (χ2n) is 5.55. The van der Waals surface area contributed by atoms with Crippen LogP contribution in [0.3, 0.4) is 0 Å². The van der Waals surface area contributed by atoms with Gasteiger partial charge >= 0.3 is 5.97 Å². The van der Waals surface area contributed by atoms with Crippen LogP contribution < -0.4 is 5.32 Å². The van der Waals surface area contributed by atoms with Gasteiger partial charge in [-0.2, -0.15) is 0 Å². The standard InChI is InChI=1S/C13H25NO3/c1-13(2,17-3)8-9-14-11-6-4-10(5-7-11)12(15)16/h10-11,14H,4-9H2,1-3H3,(H,15,16). The van der Waals surface area contributed by atoms with E-state index in [1.165, 1.54) is 0 Å². The highest BCUT2D eigenvalue weighted by molar-refractivity contribution is 5.70. The minimum atomic E-state index is -0.635. The number of hydrogen-bond acceptors (Lipinski definition) is 3. The first-order chi connectivity index (χ1) is 7.94. The van der Waals surface area contributed by atoms with Crippen molar-refractivity contribution in [3.05, 3.63) is 0 Å². The van der Waals surface area contributed by atoms with Crippen LogP contribution in [0.15, 0.2) is 0 Å². The van der Waals surface area contributed by atoms with E-state index in [0.29, 0.717) is 6.04 Å². The molecule has 1 aliphatic rings. The van der Waals surface area contributed by atoms with Crippen LogP contribution in [0.1, 0.15) is 46.0 Å². The molecular formula is C13H25NO3. The lowest BCUT2D eigenvalue weighted by Crippen LogP contribution is -2.38. The first kappa shape index (κ1) is 14.5. The van der Waals surface area contributed by atoms with E-state index >= 15 is 0 Å². The number of rotatable bonds is 6. The third-order valence-corrected chi connectivity index (χ3v) is 3.79. The first-order valence-electron chi connectivity index (χ1n) is 6.46. The summed E-state index contributed by atoms with van der Waals surface area (Å²) in [5.41, 5.74) is -0.0781. The molecule has 0 aliphatic heterocycles. The molecule has 0 amide bonds. The maximum absolute atomic E-state index is 10.8. The molecule has 0 saturated heterocycles. The number of ether oxygens (including phenoxy) is 1. The second kappa shape index (κ2) is 6.36. The molecule has 0 heterocycles. The van der Waals surface area contributed by atoms with Crippen LogP contribution in [0.2, 0.25) is 0 Å².